The molecule has 0 spiro atoms. The monoisotopic (exact) mass is 392 g/mol. The molecule has 146 valence electrons. The molecule has 0 saturated heterocycles. The molecule has 0 fully saturated rings. The van der Waals surface area contributed by atoms with Crippen LogP contribution < -0.4 is 10.6 Å². The minimum atomic E-state index is -0.431. The normalized spacial score (nSPS) is 14.8. The number of carbonyl (C=O) groups excluding carboxylic acids is 3. The van der Waals surface area contributed by atoms with Gasteiger partial charge < -0.3 is 15.4 Å². The fraction of sp³-hybridized carbons (Fsp3) is 0.824. The smallest absolute Gasteiger partial charge is 0.308 e. The number of ether oxygens (including phenoxy) is 1. The summed E-state index contributed by atoms with van der Waals surface area (Å²) in [5.74, 6) is -1.39. The van der Waals surface area contributed by atoms with Crippen molar-refractivity contribution in [1.82, 2.24) is 10.6 Å². The van der Waals surface area contributed by atoms with E-state index in [1.165, 1.54) is 28.7 Å². The van der Waals surface area contributed by atoms with Crippen molar-refractivity contribution in [1.29, 1.82) is 0 Å². The molecule has 2 amide bonds. The highest BCUT2D eigenvalue weighted by Crippen LogP contribution is 2.31. The number of amides is 2. The molecule has 0 aromatic rings. The first-order valence-electron chi connectivity index (χ1n) is 8.50. The summed E-state index contributed by atoms with van der Waals surface area (Å²) in [6.45, 7) is 9.32. The van der Waals surface area contributed by atoms with Crippen molar-refractivity contribution in [3.63, 3.8) is 0 Å². The van der Waals surface area contributed by atoms with Crippen LogP contribution in [0.3, 0.4) is 0 Å². The Balaban J connectivity index is 5.22. The van der Waals surface area contributed by atoms with Gasteiger partial charge >= 0.3 is 5.97 Å². The molecule has 25 heavy (non-hydrogen) atoms. The molecule has 0 bridgehead atoms. The summed E-state index contributed by atoms with van der Waals surface area (Å²) < 4.78 is 4.77. The van der Waals surface area contributed by atoms with E-state index in [9.17, 15) is 14.4 Å². The van der Waals surface area contributed by atoms with Crippen molar-refractivity contribution in [2.45, 2.75) is 64.8 Å². The van der Waals surface area contributed by atoms with Crippen LogP contribution in [-0.4, -0.2) is 48.5 Å². The predicted molar refractivity (Wildman–Crippen MR) is 105 cm³/mol. The molecule has 0 aromatic heterocycles. The van der Waals surface area contributed by atoms with E-state index in [1.807, 2.05) is 34.0 Å². The Bertz CT molecular complexity index is 444. The Hall–Kier alpha value is -0.890. The Labute approximate surface area is 159 Å². The zero-order valence-electron chi connectivity index (χ0n) is 16.3. The van der Waals surface area contributed by atoms with Crippen LogP contribution in [0.5, 0.6) is 0 Å². The van der Waals surface area contributed by atoms with E-state index < -0.39 is 11.8 Å². The molecular weight excluding hydrogens is 360 g/mol. The summed E-state index contributed by atoms with van der Waals surface area (Å²) >= 11 is 0. The van der Waals surface area contributed by atoms with Crippen LogP contribution in [0.2, 0.25) is 0 Å². The van der Waals surface area contributed by atoms with Gasteiger partial charge in [-0.15, -0.1) is 0 Å². The summed E-state index contributed by atoms with van der Waals surface area (Å²) in [5.41, 5.74) is 0. The third-order valence-corrected chi connectivity index (χ3v) is 5.58. The number of methoxy groups -OCH3 is 1. The molecule has 0 radical (unpaired) electrons. The van der Waals surface area contributed by atoms with Crippen LogP contribution in [0.4, 0.5) is 0 Å². The van der Waals surface area contributed by atoms with Gasteiger partial charge in [0.1, 0.15) is 0 Å². The van der Waals surface area contributed by atoms with E-state index in [-0.39, 0.29) is 35.1 Å². The molecule has 3 unspecified atom stereocenters. The van der Waals surface area contributed by atoms with Crippen molar-refractivity contribution in [2.24, 2.45) is 11.8 Å². The lowest BCUT2D eigenvalue weighted by Gasteiger charge is -2.25. The molecule has 0 aliphatic heterocycles. The quantitative estimate of drug-likeness (QED) is 0.415. The molecule has 6 nitrogen and oxygen atoms in total. The number of hydrogen-bond donors (Lipinski definition) is 2. The highest BCUT2D eigenvalue weighted by Gasteiger charge is 2.31. The molecule has 0 aliphatic rings. The second-order valence-electron chi connectivity index (χ2n) is 6.67. The lowest BCUT2D eigenvalue weighted by molar-refractivity contribution is -0.145. The van der Waals surface area contributed by atoms with Crippen LogP contribution in [0, 0.1) is 11.8 Å². The predicted octanol–water partition coefficient (Wildman–Crippen LogP) is 2.62. The van der Waals surface area contributed by atoms with Crippen molar-refractivity contribution in [3.05, 3.63) is 0 Å². The van der Waals surface area contributed by atoms with Gasteiger partial charge in [0.05, 0.1) is 18.3 Å². The van der Waals surface area contributed by atoms with Crippen LogP contribution in [0.15, 0.2) is 0 Å². The third kappa shape index (κ3) is 9.99. The minimum absolute atomic E-state index is 0.000392. The van der Waals surface area contributed by atoms with Crippen molar-refractivity contribution in [2.75, 3.05) is 13.4 Å². The Morgan fingerprint density at radius 2 is 1.44 bits per heavy atom. The maximum absolute atomic E-state index is 12.6. The van der Waals surface area contributed by atoms with E-state index in [2.05, 4.69) is 10.6 Å². The van der Waals surface area contributed by atoms with E-state index in [4.69, 9.17) is 4.74 Å². The van der Waals surface area contributed by atoms with Crippen LogP contribution >= 0.6 is 21.6 Å². The molecule has 8 heteroatoms. The standard InChI is InChI=1S/C17H32N2O4S2/c1-10(2)18-15(20)13(8-12(5)17(22)23-6)9-14(25-24-7)16(21)19-11(3)4/h10-14H,8-9H2,1-7H3,(H,18,20)(H,19,21). The first-order valence-corrected chi connectivity index (χ1v) is 11.1. The second kappa shape index (κ2) is 12.5. The molecule has 0 aliphatic carbocycles. The lowest BCUT2D eigenvalue weighted by atomic mass is 9.90. The first kappa shape index (κ1) is 24.1. The Kier molecular flexibility index (Phi) is 12.0. The van der Waals surface area contributed by atoms with Gasteiger partial charge in [-0.05, 0) is 46.8 Å². The molecular formula is C17H32N2O4S2. The van der Waals surface area contributed by atoms with Gasteiger partial charge in [-0.3, -0.25) is 14.4 Å². The number of nitrogens with one attached hydrogen (secondary N) is 2. The average Bonchev–Trinajstić information content (AvgIpc) is 2.51. The molecule has 2 N–H and O–H groups in total. The van der Waals surface area contributed by atoms with Gasteiger partial charge in [0.15, 0.2) is 0 Å². The van der Waals surface area contributed by atoms with E-state index in [0.29, 0.717) is 12.8 Å². The van der Waals surface area contributed by atoms with Gasteiger partial charge in [-0.1, -0.05) is 28.5 Å². The third-order valence-electron chi connectivity index (χ3n) is 3.48. The highest BCUT2D eigenvalue weighted by molar-refractivity contribution is 8.76. The fourth-order valence-electron chi connectivity index (χ4n) is 2.38. The van der Waals surface area contributed by atoms with E-state index in [1.54, 1.807) is 6.92 Å². The highest BCUT2D eigenvalue weighted by atomic mass is 33.1. The zero-order chi connectivity index (χ0) is 19.6. The molecule has 0 aromatic carbocycles. The van der Waals surface area contributed by atoms with Gasteiger partial charge in [0.25, 0.3) is 0 Å². The average molecular weight is 393 g/mol. The van der Waals surface area contributed by atoms with E-state index >= 15 is 0 Å². The van der Waals surface area contributed by atoms with Crippen LogP contribution in [0.1, 0.15) is 47.5 Å². The van der Waals surface area contributed by atoms with Gasteiger partial charge in [-0.2, -0.15) is 0 Å². The Morgan fingerprint density at radius 1 is 0.920 bits per heavy atom. The van der Waals surface area contributed by atoms with Crippen LogP contribution in [0.25, 0.3) is 0 Å². The summed E-state index contributed by atoms with van der Waals surface area (Å²) in [7, 11) is 4.27. The molecule has 3 atom stereocenters. The lowest BCUT2D eigenvalue weighted by Crippen LogP contribution is -2.42. The maximum Gasteiger partial charge on any atom is 0.308 e. The van der Waals surface area contributed by atoms with Gasteiger partial charge in [0.2, 0.25) is 11.8 Å². The number of rotatable bonds is 11. The summed E-state index contributed by atoms with van der Waals surface area (Å²) in [6, 6.07) is 0.0361. The van der Waals surface area contributed by atoms with Gasteiger partial charge in [0, 0.05) is 18.0 Å². The molecule has 0 rings (SSSR count). The largest absolute Gasteiger partial charge is 0.469 e. The zero-order valence-corrected chi connectivity index (χ0v) is 17.9. The number of hydrogen-bond acceptors (Lipinski definition) is 6. The minimum Gasteiger partial charge on any atom is -0.469 e. The molecule has 0 saturated carbocycles. The summed E-state index contributed by atoms with van der Waals surface area (Å²) in [6.07, 6.45) is 2.64. The SMILES string of the molecule is COC(=O)C(C)CC(CC(SSC)C(=O)NC(C)C)C(=O)NC(C)C. The van der Waals surface area contributed by atoms with Crippen LogP contribution in [-0.2, 0) is 19.1 Å². The maximum atomic E-state index is 12.6. The van der Waals surface area contributed by atoms with Crippen molar-refractivity contribution < 1.29 is 19.1 Å². The first-order chi connectivity index (χ1) is 11.6. The van der Waals surface area contributed by atoms with Gasteiger partial charge in [-0.25, -0.2) is 0 Å². The number of esters is 1. The van der Waals surface area contributed by atoms with Crippen molar-refractivity contribution in [3.8, 4) is 0 Å². The van der Waals surface area contributed by atoms with Crippen molar-refractivity contribution >= 4 is 39.4 Å². The number of carbonyl (C=O) groups is 3. The second-order valence-corrected chi connectivity index (χ2v) is 9.34. The van der Waals surface area contributed by atoms with E-state index in [0.717, 1.165) is 0 Å². The topological polar surface area (TPSA) is 84.5 Å². The Morgan fingerprint density at radius 3 is 1.88 bits per heavy atom. The summed E-state index contributed by atoms with van der Waals surface area (Å²) in [5, 5.41) is 5.44. The molecule has 0 heterocycles. The summed E-state index contributed by atoms with van der Waals surface area (Å²) in [4.78, 5) is 36.7. The fourth-order valence-corrected chi connectivity index (χ4v) is 4.27.